The fraction of sp³-hybridized carbons (Fsp3) is 0.100. The lowest BCUT2D eigenvalue weighted by Crippen LogP contribution is -2.42. The van der Waals surface area contributed by atoms with Crippen LogP contribution in [-0.4, -0.2) is 18.9 Å². The first-order valence-electron chi connectivity index (χ1n) is 7.98. The number of fused-ring (bicyclic) bond motifs is 1. The minimum atomic E-state index is -0.368. The number of carbonyl (C=O) groups excluding carboxylic acids is 2. The van der Waals surface area contributed by atoms with Gasteiger partial charge in [-0.1, -0.05) is 46.3 Å². The zero-order valence-corrected chi connectivity index (χ0v) is 15.7. The molecule has 0 saturated heterocycles. The van der Waals surface area contributed by atoms with Gasteiger partial charge in [0.15, 0.2) is 0 Å². The average molecular weight is 413 g/mol. The summed E-state index contributed by atoms with van der Waals surface area (Å²) in [6.07, 6.45) is 0.0806. The van der Waals surface area contributed by atoms with Gasteiger partial charge in [0, 0.05) is 15.6 Å². The molecule has 2 N–H and O–H groups in total. The summed E-state index contributed by atoms with van der Waals surface area (Å²) in [5.74, 6) is -0.0693. The van der Waals surface area contributed by atoms with Gasteiger partial charge in [0.2, 0.25) is 5.91 Å². The maximum Gasteiger partial charge on any atom is 0.269 e. The molecule has 0 aliphatic heterocycles. The molecule has 26 heavy (non-hydrogen) atoms. The van der Waals surface area contributed by atoms with E-state index < -0.39 is 0 Å². The molecule has 0 unspecified atom stereocenters. The fourth-order valence-corrected chi connectivity index (χ4v) is 3.09. The summed E-state index contributed by atoms with van der Waals surface area (Å²) >= 11 is 3.45. The van der Waals surface area contributed by atoms with Gasteiger partial charge in [-0.3, -0.25) is 20.4 Å². The van der Waals surface area contributed by atoms with Crippen molar-refractivity contribution in [2.45, 2.75) is 6.42 Å². The summed E-state index contributed by atoms with van der Waals surface area (Å²) in [6.45, 7) is 0. The number of halogens is 1. The number of carbonyl (C=O) groups is 2. The van der Waals surface area contributed by atoms with E-state index in [0.29, 0.717) is 11.3 Å². The maximum absolute atomic E-state index is 12.3. The number of methoxy groups -OCH3 is 1. The molecule has 5 nitrogen and oxygen atoms in total. The van der Waals surface area contributed by atoms with Crippen molar-refractivity contribution in [1.82, 2.24) is 10.9 Å². The molecule has 2 amide bonds. The van der Waals surface area contributed by atoms with Crippen molar-refractivity contribution in [2.75, 3.05) is 7.11 Å². The standard InChI is InChI=1S/C20H17BrN2O3/c1-26-18-10-7-14-11-15(21)8-9-16(14)17(18)12-19(24)22-23-20(25)13-5-3-2-4-6-13/h2-11H,12H2,1H3,(H,22,24)(H,23,25). The van der Waals surface area contributed by atoms with Crippen molar-refractivity contribution < 1.29 is 14.3 Å². The lowest BCUT2D eigenvalue weighted by molar-refractivity contribution is -0.121. The molecule has 0 heterocycles. The van der Waals surface area contributed by atoms with Crippen LogP contribution < -0.4 is 15.6 Å². The molecule has 0 radical (unpaired) electrons. The second-order valence-electron chi connectivity index (χ2n) is 5.66. The molecule has 0 aliphatic rings. The van der Waals surface area contributed by atoms with E-state index in [1.807, 2.05) is 36.4 Å². The molecule has 0 aliphatic carbocycles. The van der Waals surface area contributed by atoms with E-state index in [4.69, 9.17) is 4.74 Å². The van der Waals surface area contributed by atoms with E-state index in [0.717, 1.165) is 20.8 Å². The number of hydrazine groups is 1. The number of hydrogen-bond acceptors (Lipinski definition) is 3. The third-order valence-electron chi connectivity index (χ3n) is 3.96. The van der Waals surface area contributed by atoms with Gasteiger partial charge in [0.05, 0.1) is 13.5 Å². The van der Waals surface area contributed by atoms with Crippen molar-refractivity contribution in [3.8, 4) is 5.75 Å². The molecule has 0 aromatic heterocycles. The molecule has 0 spiro atoms. The SMILES string of the molecule is COc1ccc2cc(Br)ccc2c1CC(=O)NNC(=O)c1ccccc1. The second-order valence-corrected chi connectivity index (χ2v) is 6.57. The molecule has 3 aromatic carbocycles. The Morgan fingerprint density at radius 2 is 1.77 bits per heavy atom. The minimum absolute atomic E-state index is 0.0806. The highest BCUT2D eigenvalue weighted by molar-refractivity contribution is 9.10. The zero-order chi connectivity index (χ0) is 18.5. The van der Waals surface area contributed by atoms with Crippen LogP contribution in [0.15, 0.2) is 65.1 Å². The first-order chi connectivity index (χ1) is 12.6. The Morgan fingerprint density at radius 3 is 2.50 bits per heavy atom. The van der Waals surface area contributed by atoms with Crippen LogP contribution in [0.3, 0.4) is 0 Å². The van der Waals surface area contributed by atoms with Crippen molar-refractivity contribution in [3.63, 3.8) is 0 Å². The highest BCUT2D eigenvalue weighted by Crippen LogP contribution is 2.30. The van der Waals surface area contributed by atoms with Crippen LogP contribution in [0.1, 0.15) is 15.9 Å². The van der Waals surface area contributed by atoms with Gasteiger partial charge in [0.25, 0.3) is 5.91 Å². The number of rotatable bonds is 4. The Balaban J connectivity index is 1.75. The predicted molar refractivity (Wildman–Crippen MR) is 104 cm³/mol. The molecule has 0 saturated carbocycles. The van der Waals surface area contributed by atoms with Crippen LogP contribution in [0, 0.1) is 0 Å². The largest absolute Gasteiger partial charge is 0.496 e. The highest BCUT2D eigenvalue weighted by Gasteiger charge is 2.14. The number of ether oxygens (including phenoxy) is 1. The third kappa shape index (κ3) is 4.03. The van der Waals surface area contributed by atoms with Crippen LogP contribution in [0.5, 0.6) is 5.75 Å². The van der Waals surface area contributed by atoms with Crippen molar-refractivity contribution in [1.29, 1.82) is 0 Å². The second kappa shape index (κ2) is 8.01. The van der Waals surface area contributed by atoms with Crippen LogP contribution in [0.4, 0.5) is 0 Å². The smallest absolute Gasteiger partial charge is 0.269 e. The van der Waals surface area contributed by atoms with Gasteiger partial charge in [-0.05, 0) is 41.1 Å². The Labute approximate surface area is 159 Å². The highest BCUT2D eigenvalue weighted by atomic mass is 79.9. The normalized spacial score (nSPS) is 10.4. The lowest BCUT2D eigenvalue weighted by atomic mass is 10.0. The Hall–Kier alpha value is -2.86. The molecular weight excluding hydrogens is 396 g/mol. The Kier molecular flexibility index (Phi) is 5.53. The van der Waals surface area contributed by atoms with E-state index >= 15 is 0 Å². The van der Waals surface area contributed by atoms with Gasteiger partial charge in [-0.25, -0.2) is 0 Å². The zero-order valence-electron chi connectivity index (χ0n) is 14.1. The van der Waals surface area contributed by atoms with Crippen LogP contribution in [0.2, 0.25) is 0 Å². The summed E-state index contributed by atoms with van der Waals surface area (Å²) < 4.78 is 6.36. The molecule has 0 bridgehead atoms. The molecule has 132 valence electrons. The van der Waals surface area contributed by atoms with E-state index in [2.05, 4.69) is 26.8 Å². The molecule has 3 rings (SSSR count). The van der Waals surface area contributed by atoms with Gasteiger partial charge in [-0.2, -0.15) is 0 Å². The molecule has 0 fully saturated rings. The monoisotopic (exact) mass is 412 g/mol. The molecular formula is C20H17BrN2O3. The average Bonchev–Trinajstić information content (AvgIpc) is 2.66. The number of benzene rings is 3. The topological polar surface area (TPSA) is 67.4 Å². The number of amides is 2. The van der Waals surface area contributed by atoms with Crippen molar-refractivity contribution in [2.24, 2.45) is 0 Å². The first kappa shape index (κ1) is 17.9. The summed E-state index contributed by atoms with van der Waals surface area (Å²) in [7, 11) is 1.57. The Bertz CT molecular complexity index is 958. The van der Waals surface area contributed by atoms with Crippen molar-refractivity contribution in [3.05, 3.63) is 76.3 Å². The summed E-state index contributed by atoms with van der Waals surface area (Å²) in [6, 6.07) is 18.3. The van der Waals surface area contributed by atoms with Gasteiger partial charge < -0.3 is 4.74 Å². The van der Waals surface area contributed by atoms with Crippen LogP contribution >= 0.6 is 15.9 Å². The van der Waals surface area contributed by atoms with Crippen LogP contribution in [-0.2, 0) is 11.2 Å². The lowest BCUT2D eigenvalue weighted by Gasteiger charge is -2.13. The van der Waals surface area contributed by atoms with Gasteiger partial charge >= 0.3 is 0 Å². The number of nitrogens with one attached hydrogen (secondary N) is 2. The summed E-state index contributed by atoms with van der Waals surface area (Å²) in [5.41, 5.74) is 6.12. The van der Waals surface area contributed by atoms with Crippen LogP contribution in [0.25, 0.3) is 10.8 Å². The minimum Gasteiger partial charge on any atom is -0.496 e. The predicted octanol–water partition coefficient (Wildman–Crippen LogP) is 3.61. The number of hydrogen-bond donors (Lipinski definition) is 2. The fourth-order valence-electron chi connectivity index (χ4n) is 2.71. The van der Waals surface area contributed by atoms with E-state index in [9.17, 15) is 9.59 Å². The Morgan fingerprint density at radius 1 is 1.00 bits per heavy atom. The van der Waals surface area contributed by atoms with Gasteiger partial charge in [0.1, 0.15) is 5.75 Å². The summed E-state index contributed by atoms with van der Waals surface area (Å²) in [4.78, 5) is 24.4. The van der Waals surface area contributed by atoms with E-state index in [1.165, 1.54) is 0 Å². The van der Waals surface area contributed by atoms with E-state index in [-0.39, 0.29) is 18.2 Å². The molecule has 3 aromatic rings. The van der Waals surface area contributed by atoms with E-state index in [1.54, 1.807) is 31.4 Å². The third-order valence-corrected chi connectivity index (χ3v) is 4.45. The van der Waals surface area contributed by atoms with Gasteiger partial charge in [-0.15, -0.1) is 0 Å². The van der Waals surface area contributed by atoms with Crippen molar-refractivity contribution >= 4 is 38.5 Å². The molecule has 0 atom stereocenters. The molecule has 6 heteroatoms. The quantitative estimate of drug-likeness (QED) is 0.643. The summed E-state index contributed by atoms with van der Waals surface area (Å²) in [5, 5.41) is 1.92. The maximum atomic E-state index is 12.3. The first-order valence-corrected chi connectivity index (χ1v) is 8.77.